The molecule has 0 spiro atoms. The summed E-state index contributed by atoms with van der Waals surface area (Å²) >= 11 is 2.19. The minimum Gasteiger partial charge on any atom is -0.481 e. The number of methoxy groups -OCH3 is 1. The van der Waals surface area contributed by atoms with Crippen LogP contribution in [0.4, 0.5) is 5.82 Å². The van der Waals surface area contributed by atoms with E-state index in [1.165, 1.54) is 6.33 Å². The summed E-state index contributed by atoms with van der Waals surface area (Å²) in [6.45, 7) is 0.671. The lowest BCUT2D eigenvalue weighted by molar-refractivity contribution is 0.397. The van der Waals surface area contributed by atoms with E-state index in [2.05, 4.69) is 42.9 Å². The Morgan fingerprint density at radius 2 is 2.18 bits per heavy atom. The standard InChI is InChI=1S/C11H11IN4O/c1-17-10-3-2-8(4-14-10)5-15-11-9(12)6-13-7-16-11/h2-4,6-7H,5H2,1H3,(H,13,15,16). The molecule has 1 N–H and O–H groups in total. The number of ether oxygens (including phenoxy) is 1. The van der Waals surface area contributed by atoms with Crippen LogP contribution >= 0.6 is 22.6 Å². The van der Waals surface area contributed by atoms with Crippen LogP contribution in [0.3, 0.4) is 0 Å². The van der Waals surface area contributed by atoms with E-state index in [1.54, 1.807) is 19.5 Å². The normalized spacial score (nSPS) is 10.0. The van der Waals surface area contributed by atoms with Gasteiger partial charge in [-0.1, -0.05) is 6.07 Å². The predicted octanol–water partition coefficient (Wildman–Crippen LogP) is 2.10. The van der Waals surface area contributed by atoms with Crippen molar-refractivity contribution >= 4 is 28.4 Å². The van der Waals surface area contributed by atoms with Crippen molar-refractivity contribution in [2.75, 3.05) is 12.4 Å². The van der Waals surface area contributed by atoms with Gasteiger partial charge in [0.05, 0.1) is 10.7 Å². The summed E-state index contributed by atoms with van der Waals surface area (Å²) < 4.78 is 5.99. The molecular formula is C11H11IN4O. The van der Waals surface area contributed by atoms with Gasteiger partial charge >= 0.3 is 0 Å². The first kappa shape index (κ1) is 12.0. The lowest BCUT2D eigenvalue weighted by Crippen LogP contribution is -2.03. The Labute approximate surface area is 113 Å². The van der Waals surface area contributed by atoms with E-state index in [0.29, 0.717) is 12.4 Å². The zero-order chi connectivity index (χ0) is 12.1. The van der Waals surface area contributed by atoms with Gasteiger partial charge in [0.2, 0.25) is 5.88 Å². The van der Waals surface area contributed by atoms with E-state index in [-0.39, 0.29) is 0 Å². The van der Waals surface area contributed by atoms with Crippen molar-refractivity contribution in [2.45, 2.75) is 6.54 Å². The maximum Gasteiger partial charge on any atom is 0.212 e. The number of pyridine rings is 1. The molecule has 5 nitrogen and oxygen atoms in total. The average molecular weight is 342 g/mol. The van der Waals surface area contributed by atoms with Crippen LogP contribution in [0.5, 0.6) is 5.88 Å². The summed E-state index contributed by atoms with van der Waals surface area (Å²) in [6.07, 6.45) is 5.07. The summed E-state index contributed by atoms with van der Waals surface area (Å²) in [6, 6.07) is 3.80. The van der Waals surface area contributed by atoms with Gasteiger partial charge in [-0.3, -0.25) is 0 Å². The third-order valence-electron chi connectivity index (χ3n) is 2.13. The molecule has 0 unspecified atom stereocenters. The monoisotopic (exact) mass is 342 g/mol. The van der Waals surface area contributed by atoms with Crippen LogP contribution in [-0.4, -0.2) is 22.1 Å². The molecule has 2 aromatic rings. The Morgan fingerprint density at radius 1 is 1.29 bits per heavy atom. The molecule has 6 heteroatoms. The molecule has 2 rings (SSSR count). The van der Waals surface area contributed by atoms with Gasteiger partial charge in [-0.15, -0.1) is 0 Å². The van der Waals surface area contributed by atoms with Gasteiger partial charge in [0.1, 0.15) is 12.1 Å². The number of anilines is 1. The Morgan fingerprint density at radius 3 is 2.82 bits per heavy atom. The molecule has 0 bridgehead atoms. The van der Waals surface area contributed by atoms with Crippen LogP contribution in [0.25, 0.3) is 0 Å². The second kappa shape index (κ2) is 5.76. The predicted molar refractivity (Wildman–Crippen MR) is 72.9 cm³/mol. The smallest absolute Gasteiger partial charge is 0.212 e. The molecule has 17 heavy (non-hydrogen) atoms. The topological polar surface area (TPSA) is 59.9 Å². The van der Waals surface area contributed by atoms with Gasteiger partial charge in [-0.05, 0) is 28.2 Å². The highest BCUT2D eigenvalue weighted by Gasteiger charge is 2.00. The van der Waals surface area contributed by atoms with Crippen LogP contribution in [0, 0.1) is 3.57 Å². The van der Waals surface area contributed by atoms with E-state index in [0.717, 1.165) is 15.0 Å². The lowest BCUT2D eigenvalue weighted by Gasteiger charge is -2.07. The van der Waals surface area contributed by atoms with Gasteiger partial charge in [0.15, 0.2) is 0 Å². The van der Waals surface area contributed by atoms with Crippen LogP contribution < -0.4 is 10.1 Å². The summed E-state index contributed by atoms with van der Waals surface area (Å²) in [5, 5.41) is 3.23. The highest BCUT2D eigenvalue weighted by atomic mass is 127. The molecular weight excluding hydrogens is 331 g/mol. The first-order chi connectivity index (χ1) is 8.29. The minimum absolute atomic E-state index is 0.616. The van der Waals surface area contributed by atoms with Crippen molar-refractivity contribution < 1.29 is 4.74 Å². The first-order valence-corrected chi connectivity index (χ1v) is 6.06. The molecule has 0 aromatic carbocycles. The number of rotatable bonds is 4. The van der Waals surface area contributed by atoms with Gasteiger partial charge in [0, 0.05) is 25.0 Å². The summed E-state index contributed by atoms with van der Waals surface area (Å²) in [5.74, 6) is 1.45. The Hall–Kier alpha value is -1.44. The molecule has 0 aliphatic heterocycles. The molecule has 2 heterocycles. The van der Waals surface area contributed by atoms with Crippen LogP contribution in [0.15, 0.2) is 30.9 Å². The number of nitrogens with one attached hydrogen (secondary N) is 1. The molecule has 88 valence electrons. The van der Waals surface area contributed by atoms with Crippen molar-refractivity contribution in [3.8, 4) is 5.88 Å². The number of nitrogens with zero attached hydrogens (tertiary/aromatic N) is 3. The van der Waals surface area contributed by atoms with Gasteiger partial charge < -0.3 is 10.1 Å². The summed E-state index contributed by atoms with van der Waals surface area (Å²) in [7, 11) is 1.60. The fraction of sp³-hybridized carbons (Fsp3) is 0.182. The average Bonchev–Trinajstić information content (AvgIpc) is 2.38. The van der Waals surface area contributed by atoms with Crippen LogP contribution in [0.2, 0.25) is 0 Å². The molecule has 2 aromatic heterocycles. The zero-order valence-corrected chi connectivity index (χ0v) is 11.4. The Kier molecular flexibility index (Phi) is 4.08. The number of hydrogen-bond acceptors (Lipinski definition) is 5. The molecule has 0 radical (unpaired) electrons. The van der Waals surface area contributed by atoms with Gasteiger partial charge in [-0.2, -0.15) is 0 Å². The lowest BCUT2D eigenvalue weighted by atomic mass is 10.3. The van der Waals surface area contributed by atoms with Crippen molar-refractivity contribution in [3.05, 3.63) is 40.0 Å². The largest absolute Gasteiger partial charge is 0.481 e. The Balaban J connectivity index is 2.00. The van der Waals surface area contributed by atoms with Gasteiger partial charge in [0.25, 0.3) is 0 Å². The molecule has 0 fully saturated rings. The second-order valence-electron chi connectivity index (χ2n) is 3.28. The van der Waals surface area contributed by atoms with Crippen LogP contribution in [0.1, 0.15) is 5.56 Å². The molecule has 0 amide bonds. The van der Waals surface area contributed by atoms with Crippen molar-refractivity contribution in [3.63, 3.8) is 0 Å². The van der Waals surface area contributed by atoms with E-state index >= 15 is 0 Å². The van der Waals surface area contributed by atoms with Crippen molar-refractivity contribution in [1.29, 1.82) is 0 Å². The highest BCUT2D eigenvalue weighted by Crippen LogP contribution is 2.14. The fourth-order valence-electron chi connectivity index (χ4n) is 1.26. The molecule has 0 saturated heterocycles. The van der Waals surface area contributed by atoms with E-state index < -0.39 is 0 Å². The number of halogens is 1. The fourth-order valence-corrected chi connectivity index (χ4v) is 1.76. The SMILES string of the molecule is COc1ccc(CNc2ncncc2I)cn1. The maximum absolute atomic E-state index is 5.00. The van der Waals surface area contributed by atoms with Crippen molar-refractivity contribution in [1.82, 2.24) is 15.0 Å². The minimum atomic E-state index is 0.616. The first-order valence-electron chi connectivity index (χ1n) is 4.98. The second-order valence-corrected chi connectivity index (χ2v) is 4.44. The third-order valence-corrected chi connectivity index (χ3v) is 2.92. The summed E-state index contributed by atoms with van der Waals surface area (Å²) in [4.78, 5) is 12.2. The summed E-state index contributed by atoms with van der Waals surface area (Å²) in [5.41, 5.74) is 1.07. The molecule has 0 atom stereocenters. The quantitative estimate of drug-likeness (QED) is 0.863. The Bertz CT molecular complexity index is 489. The molecule has 0 aliphatic rings. The molecule has 0 saturated carbocycles. The highest BCUT2D eigenvalue weighted by molar-refractivity contribution is 14.1. The van der Waals surface area contributed by atoms with Gasteiger partial charge in [-0.25, -0.2) is 15.0 Å². The number of aromatic nitrogens is 3. The number of hydrogen-bond donors (Lipinski definition) is 1. The van der Waals surface area contributed by atoms with Crippen LogP contribution in [-0.2, 0) is 6.54 Å². The maximum atomic E-state index is 5.00. The van der Waals surface area contributed by atoms with E-state index in [1.807, 2.05) is 12.1 Å². The van der Waals surface area contributed by atoms with Crippen molar-refractivity contribution in [2.24, 2.45) is 0 Å². The third kappa shape index (κ3) is 3.26. The van der Waals surface area contributed by atoms with E-state index in [4.69, 9.17) is 4.74 Å². The molecule has 0 aliphatic carbocycles. The zero-order valence-electron chi connectivity index (χ0n) is 9.22. The van der Waals surface area contributed by atoms with E-state index in [9.17, 15) is 0 Å².